The van der Waals surface area contributed by atoms with Crippen LogP contribution >= 0.6 is 0 Å². The molecule has 0 radical (unpaired) electrons. The first-order valence-corrected chi connectivity index (χ1v) is 7.57. The lowest BCUT2D eigenvalue weighted by molar-refractivity contribution is 0.446. The molecule has 2 heterocycles. The number of hydrogen-bond donors (Lipinski definition) is 1. The molecule has 1 aliphatic carbocycles. The highest BCUT2D eigenvalue weighted by Crippen LogP contribution is 2.30. The Morgan fingerprint density at radius 3 is 2.86 bits per heavy atom. The van der Waals surface area contributed by atoms with Crippen LogP contribution in [0.5, 0.6) is 11.6 Å². The zero-order chi connectivity index (χ0) is 14.8. The van der Waals surface area contributed by atoms with Crippen molar-refractivity contribution in [2.24, 2.45) is 5.73 Å². The maximum Gasteiger partial charge on any atom is 0.224 e. The third-order valence-corrected chi connectivity index (χ3v) is 3.92. The largest absolute Gasteiger partial charge is 0.437 e. The molecule has 0 unspecified atom stereocenters. The zero-order valence-electron chi connectivity index (χ0n) is 12.6. The van der Waals surface area contributed by atoms with Gasteiger partial charge in [-0.05, 0) is 56.4 Å². The van der Waals surface area contributed by atoms with Gasteiger partial charge in [-0.1, -0.05) is 6.92 Å². The van der Waals surface area contributed by atoms with Gasteiger partial charge in [-0.2, -0.15) is 0 Å². The molecule has 21 heavy (non-hydrogen) atoms. The Balaban J connectivity index is 1.98. The highest BCUT2D eigenvalue weighted by molar-refractivity contribution is 5.40. The van der Waals surface area contributed by atoms with Crippen LogP contribution in [0.1, 0.15) is 41.6 Å². The maximum atomic E-state index is 6.05. The first-order chi connectivity index (χ1) is 10.2. The fraction of sp³-hybridized carbons (Fsp3) is 0.412. The van der Waals surface area contributed by atoms with E-state index in [-0.39, 0.29) is 0 Å². The van der Waals surface area contributed by atoms with E-state index in [1.165, 1.54) is 12.0 Å². The fourth-order valence-electron chi connectivity index (χ4n) is 2.78. The topological polar surface area (TPSA) is 61.0 Å². The van der Waals surface area contributed by atoms with Crippen molar-refractivity contribution in [1.82, 2.24) is 9.97 Å². The highest BCUT2D eigenvalue weighted by Gasteiger charge is 2.18. The number of aromatic nitrogens is 2. The molecule has 0 aromatic carbocycles. The number of hydrogen-bond acceptors (Lipinski definition) is 4. The van der Waals surface area contributed by atoms with E-state index in [0.717, 1.165) is 47.7 Å². The predicted octanol–water partition coefficient (Wildman–Crippen LogP) is 3.09. The van der Waals surface area contributed by atoms with Crippen LogP contribution in [0.25, 0.3) is 0 Å². The van der Waals surface area contributed by atoms with Gasteiger partial charge in [-0.3, -0.25) is 4.98 Å². The summed E-state index contributed by atoms with van der Waals surface area (Å²) >= 11 is 0. The quantitative estimate of drug-likeness (QED) is 0.936. The van der Waals surface area contributed by atoms with E-state index in [4.69, 9.17) is 10.5 Å². The van der Waals surface area contributed by atoms with Gasteiger partial charge in [0.05, 0.1) is 5.69 Å². The van der Waals surface area contributed by atoms with Crippen molar-refractivity contribution >= 4 is 0 Å². The zero-order valence-corrected chi connectivity index (χ0v) is 12.6. The Kier molecular flexibility index (Phi) is 3.88. The first-order valence-electron chi connectivity index (χ1n) is 7.57. The van der Waals surface area contributed by atoms with Gasteiger partial charge in [0.1, 0.15) is 0 Å². The van der Waals surface area contributed by atoms with Gasteiger partial charge in [-0.25, -0.2) is 4.98 Å². The molecule has 0 bridgehead atoms. The van der Waals surface area contributed by atoms with Crippen molar-refractivity contribution in [3.63, 3.8) is 0 Å². The summed E-state index contributed by atoms with van der Waals surface area (Å²) in [4.78, 5) is 9.22. The lowest BCUT2D eigenvalue weighted by Gasteiger charge is -2.13. The number of nitrogens with zero attached hydrogens (tertiary/aromatic N) is 2. The summed E-state index contributed by atoms with van der Waals surface area (Å²) < 4.78 is 6.05. The highest BCUT2D eigenvalue weighted by atomic mass is 16.5. The first kappa shape index (κ1) is 14.0. The summed E-state index contributed by atoms with van der Waals surface area (Å²) in [5.74, 6) is 1.42. The minimum Gasteiger partial charge on any atom is -0.437 e. The summed E-state index contributed by atoms with van der Waals surface area (Å²) in [6.45, 7) is 4.51. The van der Waals surface area contributed by atoms with Crippen LogP contribution in [0.2, 0.25) is 0 Å². The molecule has 3 rings (SSSR count). The molecule has 0 spiro atoms. The summed E-state index contributed by atoms with van der Waals surface area (Å²) in [7, 11) is 0. The summed E-state index contributed by atoms with van der Waals surface area (Å²) in [5.41, 5.74) is 11.3. The number of nitrogens with two attached hydrogens (primary N) is 1. The Bertz CT molecular complexity index is 667. The van der Waals surface area contributed by atoms with E-state index in [1.54, 1.807) is 0 Å². The Morgan fingerprint density at radius 2 is 2.10 bits per heavy atom. The van der Waals surface area contributed by atoms with Gasteiger partial charge in [0.2, 0.25) is 5.88 Å². The van der Waals surface area contributed by atoms with Gasteiger partial charge in [0, 0.05) is 23.5 Å². The molecule has 4 nitrogen and oxygen atoms in total. The standard InChI is InChI=1S/C17H21N3O/c1-3-14-16(8-7-11(2)19-14)21-17-13(10-18)9-12-5-4-6-15(12)20-17/h7-9H,3-6,10,18H2,1-2H3. The molecule has 2 N–H and O–H groups in total. The lowest BCUT2D eigenvalue weighted by atomic mass is 10.1. The molecule has 0 atom stereocenters. The smallest absolute Gasteiger partial charge is 0.224 e. The van der Waals surface area contributed by atoms with Crippen LogP contribution in [0.4, 0.5) is 0 Å². The number of fused-ring (bicyclic) bond motifs is 1. The molecular weight excluding hydrogens is 262 g/mol. The molecule has 110 valence electrons. The van der Waals surface area contributed by atoms with Crippen molar-refractivity contribution in [1.29, 1.82) is 0 Å². The molecule has 0 saturated heterocycles. The summed E-state index contributed by atoms with van der Waals surface area (Å²) in [6.07, 6.45) is 4.13. The third kappa shape index (κ3) is 2.76. The van der Waals surface area contributed by atoms with Crippen molar-refractivity contribution in [3.8, 4) is 11.6 Å². The Hall–Kier alpha value is -1.94. The molecule has 0 saturated carbocycles. The van der Waals surface area contributed by atoms with E-state index in [0.29, 0.717) is 12.4 Å². The van der Waals surface area contributed by atoms with Crippen LogP contribution in [-0.4, -0.2) is 9.97 Å². The van der Waals surface area contributed by atoms with Crippen LogP contribution in [0, 0.1) is 6.92 Å². The van der Waals surface area contributed by atoms with Crippen molar-refractivity contribution in [3.05, 3.63) is 46.4 Å². The molecule has 4 heteroatoms. The average molecular weight is 283 g/mol. The van der Waals surface area contributed by atoms with Crippen LogP contribution in [-0.2, 0) is 25.8 Å². The van der Waals surface area contributed by atoms with Crippen LogP contribution in [0.15, 0.2) is 18.2 Å². The monoisotopic (exact) mass is 283 g/mol. The SMILES string of the molecule is CCc1nc(C)ccc1Oc1nc2c(cc1CN)CCC2. The van der Waals surface area contributed by atoms with E-state index in [9.17, 15) is 0 Å². The van der Waals surface area contributed by atoms with Crippen molar-refractivity contribution < 1.29 is 4.74 Å². The van der Waals surface area contributed by atoms with E-state index in [1.807, 2.05) is 19.1 Å². The third-order valence-electron chi connectivity index (χ3n) is 3.92. The predicted molar refractivity (Wildman–Crippen MR) is 82.6 cm³/mol. The number of rotatable bonds is 4. The fourth-order valence-corrected chi connectivity index (χ4v) is 2.78. The minimum atomic E-state index is 0.441. The Labute approximate surface area is 125 Å². The van der Waals surface area contributed by atoms with E-state index in [2.05, 4.69) is 23.0 Å². The van der Waals surface area contributed by atoms with Gasteiger partial charge in [0.15, 0.2) is 5.75 Å². The lowest BCUT2D eigenvalue weighted by Crippen LogP contribution is -2.05. The molecule has 0 fully saturated rings. The number of ether oxygens (including phenoxy) is 1. The second-order valence-electron chi connectivity index (χ2n) is 5.47. The van der Waals surface area contributed by atoms with Gasteiger partial charge in [0.25, 0.3) is 0 Å². The van der Waals surface area contributed by atoms with Crippen molar-refractivity contribution in [2.75, 3.05) is 0 Å². The summed E-state index contributed by atoms with van der Waals surface area (Å²) in [6, 6.07) is 6.08. The second-order valence-corrected chi connectivity index (χ2v) is 5.47. The van der Waals surface area contributed by atoms with Gasteiger partial charge in [-0.15, -0.1) is 0 Å². The number of aryl methyl sites for hydroxylation is 4. The Morgan fingerprint density at radius 1 is 1.24 bits per heavy atom. The normalized spacial score (nSPS) is 13.3. The average Bonchev–Trinajstić information content (AvgIpc) is 2.95. The molecule has 2 aromatic heterocycles. The van der Waals surface area contributed by atoms with E-state index < -0.39 is 0 Å². The van der Waals surface area contributed by atoms with E-state index >= 15 is 0 Å². The molecule has 0 aliphatic heterocycles. The van der Waals surface area contributed by atoms with Crippen LogP contribution < -0.4 is 10.5 Å². The minimum absolute atomic E-state index is 0.441. The number of pyridine rings is 2. The molecular formula is C17H21N3O. The van der Waals surface area contributed by atoms with Gasteiger partial charge < -0.3 is 10.5 Å². The van der Waals surface area contributed by atoms with Gasteiger partial charge >= 0.3 is 0 Å². The molecule has 2 aromatic rings. The summed E-state index contributed by atoms with van der Waals surface area (Å²) in [5, 5.41) is 0. The molecule has 0 amide bonds. The maximum absolute atomic E-state index is 6.05. The molecule has 1 aliphatic rings. The van der Waals surface area contributed by atoms with Crippen LogP contribution in [0.3, 0.4) is 0 Å². The van der Waals surface area contributed by atoms with Crippen molar-refractivity contribution in [2.45, 2.75) is 46.1 Å². The second kappa shape index (κ2) is 5.82.